The SMILES string of the molecule is c1cncc(-c2cccc(-c3cc(-c4cccc(-c5cccc6ccccc56)c4)nc(-c4ccc5c6ccccc6c6ccccc6c5c4)n3)c2)c1. The minimum atomic E-state index is 0.689. The average molecular weight is 662 g/mol. The summed E-state index contributed by atoms with van der Waals surface area (Å²) in [6.45, 7) is 0. The van der Waals surface area contributed by atoms with Crippen LogP contribution in [0.5, 0.6) is 0 Å². The summed E-state index contributed by atoms with van der Waals surface area (Å²) in [6.07, 6.45) is 3.70. The van der Waals surface area contributed by atoms with Crippen LogP contribution in [0.2, 0.25) is 0 Å². The molecule has 0 fully saturated rings. The quantitative estimate of drug-likeness (QED) is 0.172. The lowest BCUT2D eigenvalue weighted by Crippen LogP contribution is -1.97. The highest BCUT2D eigenvalue weighted by Gasteiger charge is 2.15. The molecule has 242 valence electrons. The third-order valence-corrected chi connectivity index (χ3v) is 10.1. The topological polar surface area (TPSA) is 38.7 Å². The first-order valence-electron chi connectivity index (χ1n) is 17.6. The van der Waals surface area contributed by atoms with Crippen molar-refractivity contribution in [1.82, 2.24) is 15.0 Å². The molecule has 10 aromatic rings. The Morgan fingerprint density at radius 2 is 0.846 bits per heavy atom. The Morgan fingerprint density at radius 3 is 1.54 bits per heavy atom. The second-order valence-electron chi connectivity index (χ2n) is 13.2. The predicted octanol–water partition coefficient (Wildman–Crippen LogP) is 12.8. The van der Waals surface area contributed by atoms with E-state index in [2.05, 4.69) is 175 Å². The molecule has 0 saturated carbocycles. The largest absolute Gasteiger partial charge is 0.264 e. The summed E-state index contributed by atoms with van der Waals surface area (Å²) in [5.41, 5.74) is 9.28. The Hall–Kier alpha value is -6.97. The normalized spacial score (nSPS) is 11.5. The van der Waals surface area contributed by atoms with Crippen LogP contribution in [0.3, 0.4) is 0 Å². The fraction of sp³-hybridized carbons (Fsp3) is 0. The lowest BCUT2D eigenvalue weighted by molar-refractivity contribution is 1.18. The number of hydrogen-bond acceptors (Lipinski definition) is 3. The van der Waals surface area contributed by atoms with E-state index in [9.17, 15) is 0 Å². The predicted molar refractivity (Wildman–Crippen MR) is 217 cm³/mol. The Bertz CT molecular complexity index is 2930. The van der Waals surface area contributed by atoms with E-state index in [-0.39, 0.29) is 0 Å². The van der Waals surface area contributed by atoms with Gasteiger partial charge in [0.2, 0.25) is 0 Å². The van der Waals surface area contributed by atoms with E-state index < -0.39 is 0 Å². The van der Waals surface area contributed by atoms with Gasteiger partial charge in [0.1, 0.15) is 0 Å². The number of benzene rings is 8. The molecule has 0 unspecified atom stereocenters. The molecule has 52 heavy (non-hydrogen) atoms. The van der Waals surface area contributed by atoms with Crippen molar-refractivity contribution in [3.8, 4) is 56.2 Å². The van der Waals surface area contributed by atoms with Gasteiger partial charge >= 0.3 is 0 Å². The van der Waals surface area contributed by atoms with Crippen molar-refractivity contribution >= 4 is 43.1 Å². The van der Waals surface area contributed by atoms with Gasteiger partial charge in [0.05, 0.1) is 11.4 Å². The van der Waals surface area contributed by atoms with Gasteiger partial charge in [-0.05, 0) is 90.1 Å². The first-order valence-corrected chi connectivity index (χ1v) is 17.6. The fourth-order valence-electron chi connectivity index (χ4n) is 7.63. The molecule has 0 atom stereocenters. The highest BCUT2D eigenvalue weighted by Crippen LogP contribution is 2.38. The third-order valence-electron chi connectivity index (χ3n) is 10.1. The molecule has 0 aliphatic heterocycles. The average Bonchev–Trinajstić information content (AvgIpc) is 3.23. The van der Waals surface area contributed by atoms with E-state index in [0.29, 0.717) is 5.82 Å². The second kappa shape index (κ2) is 12.4. The van der Waals surface area contributed by atoms with Crippen molar-refractivity contribution < 1.29 is 0 Å². The summed E-state index contributed by atoms with van der Waals surface area (Å²) in [5.74, 6) is 0.689. The van der Waals surface area contributed by atoms with E-state index in [1.165, 1.54) is 48.7 Å². The number of pyridine rings is 1. The number of hydrogen-bond donors (Lipinski definition) is 0. The van der Waals surface area contributed by atoms with Crippen LogP contribution in [0.4, 0.5) is 0 Å². The van der Waals surface area contributed by atoms with Gasteiger partial charge in [0.15, 0.2) is 5.82 Å². The van der Waals surface area contributed by atoms with E-state index in [0.717, 1.165) is 44.8 Å². The van der Waals surface area contributed by atoms with Gasteiger partial charge in [-0.15, -0.1) is 0 Å². The second-order valence-corrected chi connectivity index (χ2v) is 13.2. The molecule has 3 heteroatoms. The maximum absolute atomic E-state index is 5.31. The molecule has 2 aromatic heterocycles. The Morgan fingerprint density at radius 1 is 0.308 bits per heavy atom. The number of nitrogens with zero attached hydrogens (tertiary/aromatic N) is 3. The summed E-state index contributed by atoms with van der Waals surface area (Å²) in [5, 5.41) is 9.85. The van der Waals surface area contributed by atoms with Crippen LogP contribution in [0.15, 0.2) is 188 Å². The molecule has 0 amide bonds. The zero-order valence-electron chi connectivity index (χ0n) is 28.2. The van der Waals surface area contributed by atoms with E-state index in [4.69, 9.17) is 9.97 Å². The summed E-state index contributed by atoms with van der Waals surface area (Å²) >= 11 is 0. The van der Waals surface area contributed by atoms with E-state index in [1.54, 1.807) is 6.20 Å². The van der Waals surface area contributed by atoms with Gasteiger partial charge in [-0.2, -0.15) is 0 Å². The zero-order valence-corrected chi connectivity index (χ0v) is 28.2. The van der Waals surface area contributed by atoms with Gasteiger partial charge < -0.3 is 0 Å². The van der Waals surface area contributed by atoms with Gasteiger partial charge in [-0.25, -0.2) is 9.97 Å². The molecule has 0 radical (unpaired) electrons. The molecular formula is C49H31N3. The van der Waals surface area contributed by atoms with E-state index in [1.807, 2.05) is 12.3 Å². The molecule has 10 rings (SSSR count). The van der Waals surface area contributed by atoms with Crippen LogP contribution >= 0.6 is 0 Å². The number of fused-ring (bicyclic) bond motifs is 7. The van der Waals surface area contributed by atoms with Crippen LogP contribution in [0.1, 0.15) is 0 Å². The smallest absolute Gasteiger partial charge is 0.160 e. The number of aromatic nitrogens is 3. The molecular weight excluding hydrogens is 631 g/mol. The first kappa shape index (κ1) is 29.9. The highest BCUT2D eigenvalue weighted by atomic mass is 14.9. The maximum atomic E-state index is 5.31. The Labute approximate surface area is 301 Å². The van der Waals surface area contributed by atoms with Crippen molar-refractivity contribution in [2.24, 2.45) is 0 Å². The highest BCUT2D eigenvalue weighted by molar-refractivity contribution is 6.25. The Balaban J connectivity index is 1.18. The lowest BCUT2D eigenvalue weighted by Gasteiger charge is -2.14. The van der Waals surface area contributed by atoms with Crippen LogP contribution < -0.4 is 0 Å². The summed E-state index contributed by atoms with van der Waals surface area (Å²) in [6, 6.07) is 62.5. The lowest BCUT2D eigenvalue weighted by atomic mass is 9.93. The summed E-state index contributed by atoms with van der Waals surface area (Å²) in [4.78, 5) is 14.9. The van der Waals surface area contributed by atoms with Gasteiger partial charge in [0.25, 0.3) is 0 Å². The molecule has 0 spiro atoms. The standard InChI is InChI=1S/C49H31N3/c1-2-18-39-32(11-1)12-9-23-40(39)34-14-8-16-36(28-34)48-30-47(35-15-7-13-33(27-35)38-17-10-26-50-31-38)51-49(52-48)37-24-25-45-43-21-4-3-19-41(43)42-20-5-6-22-44(42)46(45)29-37/h1-31H. The summed E-state index contributed by atoms with van der Waals surface area (Å²) < 4.78 is 0. The minimum Gasteiger partial charge on any atom is -0.264 e. The third kappa shape index (κ3) is 5.19. The van der Waals surface area contributed by atoms with Crippen molar-refractivity contribution in [2.75, 3.05) is 0 Å². The van der Waals surface area contributed by atoms with Gasteiger partial charge in [0, 0.05) is 34.6 Å². The molecule has 0 bridgehead atoms. The van der Waals surface area contributed by atoms with E-state index >= 15 is 0 Å². The van der Waals surface area contributed by atoms with Gasteiger partial charge in [-0.1, -0.05) is 146 Å². The summed E-state index contributed by atoms with van der Waals surface area (Å²) in [7, 11) is 0. The van der Waals surface area contributed by atoms with Crippen molar-refractivity contribution in [2.45, 2.75) is 0 Å². The monoisotopic (exact) mass is 661 g/mol. The molecule has 0 aliphatic carbocycles. The molecule has 0 aliphatic rings. The number of rotatable bonds is 5. The van der Waals surface area contributed by atoms with Crippen molar-refractivity contribution in [1.29, 1.82) is 0 Å². The minimum absolute atomic E-state index is 0.689. The molecule has 0 N–H and O–H groups in total. The molecule has 3 nitrogen and oxygen atoms in total. The maximum Gasteiger partial charge on any atom is 0.160 e. The fourth-order valence-corrected chi connectivity index (χ4v) is 7.63. The molecule has 0 saturated heterocycles. The van der Waals surface area contributed by atoms with Crippen LogP contribution in [-0.2, 0) is 0 Å². The van der Waals surface area contributed by atoms with Crippen LogP contribution in [0, 0.1) is 0 Å². The van der Waals surface area contributed by atoms with Crippen molar-refractivity contribution in [3.05, 3.63) is 188 Å². The van der Waals surface area contributed by atoms with Crippen LogP contribution in [0.25, 0.3) is 99.2 Å². The first-order chi connectivity index (χ1) is 25.8. The molecule has 8 aromatic carbocycles. The van der Waals surface area contributed by atoms with Gasteiger partial charge in [-0.3, -0.25) is 4.98 Å². The Kier molecular flexibility index (Phi) is 7.14. The zero-order chi connectivity index (χ0) is 34.4. The molecule has 2 heterocycles. The van der Waals surface area contributed by atoms with Crippen LogP contribution in [-0.4, -0.2) is 15.0 Å². The van der Waals surface area contributed by atoms with Crippen molar-refractivity contribution in [3.63, 3.8) is 0 Å².